The van der Waals surface area contributed by atoms with Gasteiger partial charge in [-0.15, -0.1) is 0 Å². The summed E-state index contributed by atoms with van der Waals surface area (Å²) in [6, 6.07) is 27.7. The lowest BCUT2D eigenvalue weighted by Gasteiger charge is -2.10. The first-order valence-electron chi connectivity index (χ1n) is 12.7. The van der Waals surface area contributed by atoms with Gasteiger partial charge in [0.25, 0.3) is 0 Å². The number of H-pyrrole nitrogens is 3. The summed E-state index contributed by atoms with van der Waals surface area (Å²) in [6.07, 6.45) is 4.12. The largest absolute Gasteiger partial charge is 0.381 e. The van der Waals surface area contributed by atoms with Crippen molar-refractivity contribution in [1.82, 2.24) is 19.9 Å². The molecule has 8 aromatic rings. The van der Waals surface area contributed by atoms with Crippen LogP contribution in [-0.2, 0) is 6.54 Å². The fraction of sp³-hybridized carbons (Fsp3) is 0.0312. The average molecular weight is 635 g/mol. The highest BCUT2D eigenvalue weighted by molar-refractivity contribution is 9.10. The van der Waals surface area contributed by atoms with Crippen molar-refractivity contribution in [2.45, 2.75) is 6.54 Å². The monoisotopic (exact) mass is 633 g/mol. The first kappa shape index (κ1) is 22.9. The standard InChI is InChI=1S/C32H21Br2N5/c33-18-5-9-28-24(11-18)17(15-36-28)14-35-20-7-8-23-25(13-20)21-3-1-2-4-22(21)30-31(23)39-32(38-30)27-16-37-29-10-6-19(34)12-26(27)29/h1-13,15-16,35-37H,14H2,(H,38,39). The van der Waals surface area contributed by atoms with E-state index in [4.69, 9.17) is 4.98 Å². The van der Waals surface area contributed by atoms with Crippen LogP contribution in [0.25, 0.3) is 65.8 Å². The van der Waals surface area contributed by atoms with Crippen molar-refractivity contribution in [2.24, 2.45) is 0 Å². The maximum Gasteiger partial charge on any atom is 0.140 e. The van der Waals surface area contributed by atoms with Crippen LogP contribution in [0.4, 0.5) is 5.69 Å². The lowest BCUT2D eigenvalue weighted by Crippen LogP contribution is -1.98. The number of nitrogens with one attached hydrogen (secondary N) is 4. The van der Waals surface area contributed by atoms with Crippen molar-refractivity contribution in [3.05, 3.63) is 106 Å². The number of halogens is 2. The number of hydrogen-bond donors (Lipinski definition) is 4. The number of aromatic amines is 3. The minimum Gasteiger partial charge on any atom is -0.381 e. The van der Waals surface area contributed by atoms with Gasteiger partial charge >= 0.3 is 0 Å². The second-order valence-electron chi connectivity index (χ2n) is 9.86. The van der Waals surface area contributed by atoms with E-state index in [2.05, 4.69) is 131 Å². The summed E-state index contributed by atoms with van der Waals surface area (Å²) >= 11 is 7.22. The molecule has 4 N–H and O–H groups in total. The van der Waals surface area contributed by atoms with Gasteiger partial charge in [0.05, 0.1) is 11.0 Å². The Morgan fingerprint density at radius 2 is 1.41 bits per heavy atom. The maximum absolute atomic E-state index is 5.13. The van der Waals surface area contributed by atoms with Crippen LogP contribution in [0.3, 0.4) is 0 Å². The Labute approximate surface area is 239 Å². The van der Waals surface area contributed by atoms with Crippen molar-refractivity contribution in [3.8, 4) is 11.4 Å². The van der Waals surface area contributed by atoms with Gasteiger partial charge in [0.15, 0.2) is 0 Å². The predicted molar refractivity (Wildman–Crippen MR) is 169 cm³/mol. The SMILES string of the molecule is Brc1ccc2[nH]cc(CNc3ccc4c(c3)c3ccccc3c3nc(-c5c[nH]c6ccc(Br)cc56)[nH]c43)c2c1. The van der Waals surface area contributed by atoms with E-state index in [9.17, 15) is 0 Å². The van der Waals surface area contributed by atoms with Gasteiger partial charge in [-0.3, -0.25) is 0 Å². The van der Waals surface area contributed by atoms with Crippen LogP contribution in [0.1, 0.15) is 5.56 Å². The van der Waals surface area contributed by atoms with Crippen molar-refractivity contribution < 1.29 is 0 Å². The molecule has 0 aliphatic rings. The lowest BCUT2D eigenvalue weighted by molar-refractivity contribution is 1.16. The predicted octanol–water partition coefficient (Wildman–Crippen LogP) is 9.64. The molecule has 0 atom stereocenters. The van der Waals surface area contributed by atoms with E-state index in [0.717, 1.165) is 70.8 Å². The Balaban J connectivity index is 1.26. The van der Waals surface area contributed by atoms with Crippen molar-refractivity contribution in [3.63, 3.8) is 0 Å². The van der Waals surface area contributed by atoms with Crippen LogP contribution in [0.15, 0.2) is 100 Å². The minimum absolute atomic E-state index is 0.729. The fourth-order valence-electron chi connectivity index (χ4n) is 5.69. The van der Waals surface area contributed by atoms with Crippen LogP contribution >= 0.6 is 31.9 Å². The van der Waals surface area contributed by atoms with Crippen LogP contribution in [0.5, 0.6) is 0 Å². The zero-order valence-electron chi connectivity index (χ0n) is 20.6. The van der Waals surface area contributed by atoms with E-state index in [1.165, 1.54) is 21.7 Å². The molecule has 0 fully saturated rings. The fourth-order valence-corrected chi connectivity index (χ4v) is 6.42. The molecule has 3 heterocycles. The molecule has 8 rings (SSSR count). The molecule has 39 heavy (non-hydrogen) atoms. The topological polar surface area (TPSA) is 72.3 Å². The molecule has 0 amide bonds. The summed E-state index contributed by atoms with van der Waals surface area (Å²) in [5.74, 6) is 0.861. The quantitative estimate of drug-likeness (QED) is 0.146. The maximum atomic E-state index is 5.13. The Morgan fingerprint density at radius 1 is 0.667 bits per heavy atom. The summed E-state index contributed by atoms with van der Waals surface area (Å²) in [5.41, 5.74) is 7.64. The highest BCUT2D eigenvalue weighted by Gasteiger charge is 2.16. The second-order valence-corrected chi connectivity index (χ2v) is 11.7. The molecule has 0 saturated carbocycles. The number of hydrogen-bond acceptors (Lipinski definition) is 2. The molecular formula is C32H21Br2N5. The Hall–Kier alpha value is -4.07. The second kappa shape index (κ2) is 8.73. The molecule has 0 aliphatic heterocycles. The minimum atomic E-state index is 0.729. The van der Waals surface area contributed by atoms with Crippen LogP contribution in [0.2, 0.25) is 0 Å². The zero-order valence-corrected chi connectivity index (χ0v) is 23.7. The highest BCUT2D eigenvalue weighted by Crippen LogP contribution is 2.38. The van der Waals surface area contributed by atoms with Gasteiger partial charge in [-0.2, -0.15) is 0 Å². The molecule has 0 aliphatic carbocycles. The van der Waals surface area contributed by atoms with Crippen LogP contribution < -0.4 is 5.32 Å². The molecule has 0 radical (unpaired) electrons. The molecule has 5 aromatic carbocycles. The summed E-state index contributed by atoms with van der Waals surface area (Å²) < 4.78 is 2.12. The molecular weight excluding hydrogens is 614 g/mol. The lowest BCUT2D eigenvalue weighted by atomic mass is 9.99. The van der Waals surface area contributed by atoms with Crippen LogP contribution in [-0.4, -0.2) is 19.9 Å². The number of aromatic nitrogens is 4. The number of imidazole rings is 1. The zero-order chi connectivity index (χ0) is 26.1. The third-order valence-electron chi connectivity index (χ3n) is 7.58. The van der Waals surface area contributed by atoms with Gasteiger partial charge in [0.1, 0.15) is 5.82 Å². The van der Waals surface area contributed by atoms with Gasteiger partial charge in [-0.1, -0.05) is 62.2 Å². The van der Waals surface area contributed by atoms with E-state index >= 15 is 0 Å². The number of rotatable bonds is 4. The molecule has 0 saturated heterocycles. The molecule has 5 nitrogen and oxygen atoms in total. The van der Waals surface area contributed by atoms with Crippen LogP contribution in [0, 0.1) is 0 Å². The summed E-state index contributed by atoms with van der Waals surface area (Å²) in [6.45, 7) is 0.729. The van der Waals surface area contributed by atoms with E-state index < -0.39 is 0 Å². The van der Waals surface area contributed by atoms with Crippen molar-refractivity contribution in [2.75, 3.05) is 5.32 Å². The van der Waals surface area contributed by atoms with E-state index in [-0.39, 0.29) is 0 Å². The number of anilines is 1. The normalized spacial score (nSPS) is 11.9. The van der Waals surface area contributed by atoms with E-state index in [1.54, 1.807) is 0 Å². The van der Waals surface area contributed by atoms with Gasteiger partial charge in [-0.05, 0) is 64.9 Å². The van der Waals surface area contributed by atoms with Gasteiger partial charge in [-0.25, -0.2) is 4.98 Å². The van der Waals surface area contributed by atoms with Gasteiger partial charge < -0.3 is 20.3 Å². The molecule has 3 aromatic heterocycles. The molecule has 188 valence electrons. The van der Waals surface area contributed by atoms with E-state index in [0.29, 0.717) is 0 Å². The smallest absolute Gasteiger partial charge is 0.140 e. The third-order valence-corrected chi connectivity index (χ3v) is 8.56. The summed E-state index contributed by atoms with van der Waals surface area (Å²) in [4.78, 5) is 15.6. The Kier molecular flexibility index (Phi) is 5.12. The molecule has 7 heteroatoms. The van der Waals surface area contributed by atoms with Gasteiger partial charge in [0, 0.05) is 71.7 Å². The number of nitrogens with zero attached hydrogens (tertiary/aromatic N) is 1. The molecule has 0 spiro atoms. The molecule has 0 bridgehead atoms. The van der Waals surface area contributed by atoms with Crippen molar-refractivity contribution in [1.29, 1.82) is 0 Å². The Morgan fingerprint density at radius 3 is 2.26 bits per heavy atom. The summed E-state index contributed by atoms with van der Waals surface area (Å²) in [5, 5.41) is 10.7. The Bertz CT molecular complexity index is 2220. The van der Waals surface area contributed by atoms with Gasteiger partial charge in [0.2, 0.25) is 0 Å². The third kappa shape index (κ3) is 3.68. The first-order chi connectivity index (χ1) is 19.1. The average Bonchev–Trinajstić information content (AvgIpc) is 3.68. The highest BCUT2D eigenvalue weighted by atomic mass is 79.9. The molecule has 0 unspecified atom stereocenters. The first-order valence-corrected chi connectivity index (χ1v) is 14.3. The summed E-state index contributed by atoms with van der Waals surface area (Å²) in [7, 11) is 0. The number of fused-ring (bicyclic) bond motifs is 8. The van der Waals surface area contributed by atoms with Crippen molar-refractivity contribution >= 4 is 91.9 Å². The number of benzene rings is 5. The van der Waals surface area contributed by atoms with E-state index in [1.807, 2.05) is 12.3 Å².